The normalized spacial score (nSPS) is 14.4. The van der Waals surface area contributed by atoms with Crippen LogP contribution in [0.4, 0.5) is 5.69 Å². The van der Waals surface area contributed by atoms with E-state index < -0.39 is 11.8 Å². The summed E-state index contributed by atoms with van der Waals surface area (Å²) in [5.41, 5.74) is 5.88. The third kappa shape index (κ3) is 3.74. The predicted molar refractivity (Wildman–Crippen MR) is 102 cm³/mol. The van der Waals surface area contributed by atoms with Gasteiger partial charge in [-0.1, -0.05) is 12.1 Å². The number of carbonyl (C=O) groups excluding carboxylic acids is 3. The van der Waals surface area contributed by atoms with Crippen LogP contribution in [0.3, 0.4) is 0 Å². The molecule has 2 aliphatic heterocycles. The van der Waals surface area contributed by atoms with Gasteiger partial charge in [-0.25, -0.2) is 0 Å². The molecule has 9 heteroatoms. The van der Waals surface area contributed by atoms with Crippen molar-refractivity contribution in [2.75, 3.05) is 24.0 Å². The Kier molecular flexibility index (Phi) is 5.07. The Bertz CT molecular complexity index is 949. The number of nitrogens with zero attached hydrogens (tertiary/aromatic N) is 1. The average molecular weight is 399 g/mol. The zero-order valence-corrected chi connectivity index (χ0v) is 15.6. The Balaban J connectivity index is 1.30. The minimum Gasteiger partial charge on any atom is -0.454 e. The van der Waals surface area contributed by atoms with Crippen LogP contribution in [-0.2, 0) is 9.59 Å². The lowest BCUT2D eigenvalue weighted by Crippen LogP contribution is -2.44. The maximum Gasteiger partial charge on any atom is 0.269 e. The lowest BCUT2D eigenvalue weighted by atomic mass is 10.2. The number of thioether (sulfide) groups is 1. The van der Waals surface area contributed by atoms with Crippen LogP contribution >= 0.6 is 11.8 Å². The second-order valence-electron chi connectivity index (χ2n) is 6.12. The topological polar surface area (TPSA) is 97.0 Å². The number of rotatable bonds is 4. The highest BCUT2D eigenvalue weighted by atomic mass is 32.2. The Morgan fingerprint density at radius 3 is 2.79 bits per heavy atom. The zero-order chi connectivity index (χ0) is 19.5. The van der Waals surface area contributed by atoms with Crippen LogP contribution in [0.15, 0.2) is 47.4 Å². The first-order chi connectivity index (χ1) is 13.6. The van der Waals surface area contributed by atoms with E-state index in [9.17, 15) is 14.4 Å². The van der Waals surface area contributed by atoms with Crippen LogP contribution in [-0.4, -0.2) is 36.8 Å². The molecule has 0 fully saturated rings. The highest BCUT2D eigenvalue weighted by Gasteiger charge is 2.24. The maximum atomic E-state index is 12.2. The summed E-state index contributed by atoms with van der Waals surface area (Å²) in [4.78, 5) is 39.1. The van der Waals surface area contributed by atoms with Crippen LogP contribution in [0.1, 0.15) is 16.8 Å². The molecule has 0 radical (unpaired) electrons. The van der Waals surface area contributed by atoms with Gasteiger partial charge in [-0.3, -0.25) is 25.2 Å². The lowest BCUT2D eigenvalue weighted by Gasteiger charge is -2.28. The minimum atomic E-state index is -0.470. The van der Waals surface area contributed by atoms with Gasteiger partial charge in [0.2, 0.25) is 18.6 Å². The highest BCUT2D eigenvalue weighted by Crippen LogP contribution is 2.35. The van der Waals surface area contributed by atoms with Crippen molar-refractivity contribution in [1.82, 2.24) is 10.9 Å². The first kappa shape index (κ1) is 18.2. The summed E-state index contributed by atoms with van der Waals surface area (Å²) in [5, 5.41) is 0. The summed E-state index contributed by atoms with van der Waals surface area (Å²) in [6.07, 6.45) is 0.0617. The zero-order valence-electron chi connectivity index (χ0n) is 14.8. The molecule has 4 rings (SSSR count). The van der Waals surface area contributed by atoms with Crippen LogP contribution < -0.4 is 25.2 Å². The largest absolute Gasteiger partial charge is 0.454 e. The maximum absolute atomic E-state index is 12.2. The second kappa shape index (κ2) is 7.81. The molecular formula is C19H17N3O5S. The number of hydrogen-bond acceptors (Lipinski definition) is 6. The number of hydrogen-bond donors (Lipinski definition) is 2. The summed E-state index contributed by atoms with van der Waals surface area (Å²) in [7, 11) is 0. The summed E-state index contributed by atoms with van der Waals surface area (Å²) in [5.74, 6) is 0.504. The van der Waals surface area contributed by atoms with Gasteiger partial charge in [0.25, 0.3) is 5.91 Å². The van der Waals surface area contributed by atoms with E-state index in [2.05, 4.69) is 10.9 Å². The van der Waals surface area contributed by atoms with E-state index in [-0.39, 0.29) is 25.7 Å². The molecule has 0 aliphatic carbocycles. The molecule has 0 unspecified atom stereocenters. The first-order valence-electron chi connectivity index (χ1n) is 8.63. The van der Waals surface area contributed by atoms with Crippen molar-refractivity contribution in [3.8, 4) is 11.5 Å². The summed E-state index contributed by atoms with van der Waals surface area (Å²) < 4.78 is 10.4. The molecule has 2 heterocycles. The molecule has 0 bridgehead atoms. The van der Waals surface area contributed by atoms with Gasteiger partial charge >= 0.3 is 0 Å². The number of hydrazine groups is 1. The molecule has 8 nitrogen and oxygen atoms in total. The van der Waals surface area contributed by atoms with E-state index in [4.69, 9.17) is 9.47 Å². The van der Waals surface area contributed by atoms with E-state index in [0.29, 0.717) is 22.8 Å². The van der Waals surface area contributed by atoms with Crippen LogP contribution in [0.5, 0.6) is 11.5 Å². The van der Waals surface area contributed by atoms with Crippen molar-refractivity contribution in [1.29, 1.82) is 0 Å². The molecule has 2 aliphatic rings. The fraction of sp³-hybridized carbons (Fsp3) is 0.211. The Labute approximate surface area is 165 Å². The van der Waals surface area contributed by atoms with Crippen LogP contribution in [0.2, 0.25) is 0 Å². The summed E-state index contributed by atoms with van der Waals surface area (Å²) in [6, 6.07) is 12.3. The molecule has 0 spiro atoms. The number of nitrogens with one attached hydrogen (secondary N) is 2. The van der Waals surface area contributed by atoms with Crippen molar-refractivity contribution >= 4 is 35.2 Å². The molecule has 144 valence electrons. The number of fused-ring (bicyclic) bond motifs is 2. The third-order valence-electron chi connectivity index (χ3n) is 4.32. The molecule has 28 heavy (non-hydrogen) atoms. The average Bonchev–Trinajstić information content (AvgIpc) is 3.19. The van der Waals surface area contributed by atoms with Gasteiger partial charge in [0.15, 0.2) is 11.5 Å². The number of ether oxygens (including phenoxy) is 2. The summed E-state index contributed by atoms with van der Waals surface area (Å²) in [6.45, 7) is 0.357. The van der Waals surface area contributed by atoms with Gasteiger partial charge in [0.1, 0.15) is 0 Å². The molecule has 0 aromatic heterocycles. The minimum absolute atomic E-state index is 0.0408. The van der Waals surface area contributed by atoms with Gasteiger partial charge in [-0.15, -0.1) is 11.8 Å². The fourth-order valence-corrected chi connectivity index (χ4v) is 3.85. The molecule has 2 aromatic rings. The van der Waals surface area contributed by atoms with Gasteiger partial charge < -0.3 is 14.4 Å². The van der Waals surface area contributed by atoms with E-state index in [1.807, 2.05) is 24.3 Å². The number of benzene rings is 2. The summed E-state index contributed by atoms with van der Waals surface area (Å²) >= 11 is 1.49. The van der Waals surface area contributed by atoms with Crippen molar-refractivity contribution in [3.05, 3.63) is 48.0 Å². The molecule has 0 saturated heterocycles. The SMILES string of the molecule is O=C(CCN1C(=O)CSc2ccccc21)NNC(=O)c1ccc2c(c1)OCO2. The van der Waals surface area contributed by atoms with Crippen molar-refractivity contribution in [3.63, 3.8) is 0 Å². The highest BCUT2D eigenvalue weighted by molar-refractivity contribution is 8.00. The molecule has 0 atom stereocenters. The Morgan fingerprint density at radius 1 is 1.07 bits per heavy atom. The van der Waals surface area contributed by atoms with E-state index in [1.165, 1.54) is 11.8 Å². The van der Waals surface area contributed by atoms with Crippen molar-refractivity contribution in [2.45, 2.75) is 11.3 Å². The van der Waals surface area contributed by atoms with E-state index >= 15 is 0 Å². The predicted octanol–water partition coefficient (Wildman–Crippen LogP) is 1.71. The molecular weight excluding hydrogens is 382 g/mol. The van der Waals surface area contributed by atoms with Gasteiger partial charge in [0.05, 0.1) is 11.4 Å². The first-order valence-corrected chi connectivity index (χ1v) is 9.61. The standard InChI is InChI=1S/C19H17N3O5S/c23-17(7-8-22-13-3-1-2-4-16(13)28-10-18(22)24)20-21-19(25)12-5-6-14-15(9-12)27-11-26-14/h1-6,9H,7-8,10-11H2,(H,20,23)(H,21,25). The fourth-order valence-electron chi connectivity index (χ4n) is 2.91. The second-order valence-corrected chi connectivity index (χ2v) is 7.14. The molecule has 0 saturated carbocycles. The van der Waals surface area contributed by atoms with Crippen LogP contribution in [0.25, 0.3) is 0 Å². The number of para-hydroxylation sites is 1. The molecule has 3 amide bonds. The van der Waals surface area contributed by atoms with Crippen LogP contribution in [0, 0.1) is 0 Å². The monoisotopic (exact) mass is 399 g/mol. The number of carbonyl (C=O) groups is 3. The van der Waals surface area contributed by atoms with Crippen molar-refractivity contribution < 1.29 is 23.9 Å². The Morgan fingerprint density at radius 2 is 1.89 bits per heavy atom. The van der Waals surface area contributed by atoms with Gasteiger partial charge in [-0.2, -0.15) is 0 Å². The Hall–Kier alpha value is -3.20. The number of anilines is 1. The molecule has 2 aromatic carbocycles. The smallest absolute Gasteiger partial charge is 0.269 e. The third-order valence-corrected chi connectivity index (χ3v) is 5.37. The van der Waals surface area contributed by atoms with Crippen molar-refractivity contribution in [2.24, 2.45) is 0 Å². The van der Waals surface area contributed by atoms with E-state index in [0.717, 1.165) is 10.6 Å². The quantitative estimate of drug-likeness (QED) is 0.760. The lowest BCUT2D eigenvalue weighted by molar-refractivity contribution is -0.121. The molecule has 2 N–H and O–H groups in total. The number of amides is 3. The van der Waals surface area contributed by atoms with Gasteiger partial charge in [0, 0.05) is 23.4 Å². The van der Waals surface area contributed by atoms with E-state index in [1.54, 1.807) is 23.1 Å². The van der Waals surface area contributed by atoms with Gasteiger partial charge in [-0.05, 0) is 30.3 Å².